The minimum absolute atomic E-state index is 0.120. The highest BCUT2D eigenvalue weighted by molar-refractivity contribution is 9.19. The fourth-order valence-electron chi connectivity index (χ4n) is 0.978. The van der Waals surface area contributed by atoms with Gasteiger partial charge in [-0.15, -0.1) is 0 Å². The number of benzene rings is 1. The molecule has 0 fully saturated rings. The van der Waals surface area contributed by atoms with Crippen LogP contribution in [0.1, 0.15) is 12.5 Å². The highest BCUT2D eigenvalue weighted by Gasteiger charge is 2.07. The molecule has 1 aromatic carbocycles. The van der Waals surface area contributed by atoms with Crippen LogP contribution >= 0.6 is 15.9 Å². The SMILES string of the molecule is CCOC(=O)/C(Br)=N\Nc1ccc(C)cc1. The van der Waals surface area contributed by atoms with Gasteiger partial charge in [-0.3, -0.25) is 5.43 Å². The van der Waals surface area contributed by atoms with Crippen LogP contribution in [-0.4, -0.2) is 17.2 Å². The molecule has 0 saturated carbocycles. The van der Waals surface area contributed by atoms with Crippen molar-refractivity contribution in [2.45, 2.75) is 13.8 Å². The van der Waals surface area contributed by atoms with Gasteiger partial charge in [0.15, 0.2) is 0 Å². The minimum atomic E-state index is -0.484. The molecule has 0 spiro atoms. The van der Waals surface area contributed by atoms with Crippen molar-refractivity contribution in [2.24, 2.45) is 5.10 Å². The molecule has 0 heterocycles. The van der Waals surface area contributed by atoms with Crippen molar-refractivity contribution in [3.8, 4) is 0 Å². The Morgan fingerprint density at radius 2 is 2.06 bits per heavy atom. The first-order valence-corrected chi connectivity index (χ1v) is 5.65. The normalized spacial score (nSPS) is 11.1. The van der Waals surface area contributed by atoms with E-state index in [0.29, 0.717) is 6.61 Å². The molecule has 0 unspecified atom stereocenters. The van der Waals surface area contributed by atoms with Crippen LogP contribution in [0.25, 0.3) is 0 Å². The molecule has 1 N–H and O–H groups in total. The van der Waals surface area contributed by atoms with E-state index < -0.39 is 5.97 Å². The molecule has 0 aliphatic carbocycles. The van der Waals surface area contributed by atoms with Crippen LogP contribution in [-0.2, 0) is 9.53 Å². The van der Waals surface area contributed by atoms with E-state index in [4.69, 9.17) is 4.74 Å². The van der Waals surface area contributed by atoms with Gasteiger partial charge in [-0.2, -0.15) is 5.10 Å². The number of carbonyl (C=O) groups is 1. The molecule has 16 heavy (non-hydrogen) atoms. The predicted molar refractivity (Wildman–Crippen MR) is 67.8 cm³/mol. The Morgan fingerprint density at radius 1 is 1.44 bits per heavy atom. The third kappa shape index (κ3) is 4.02. The van der Waals surface area contributed by atoms with E-state index in [9.17, 15) is 4.79 Å². The molecular formula is C11H13BrN2O2. The Balaban J connectivity index is 2.58. The van der Waals surface area contributed by atoms with Crippen molar-refractivity contribution in [3.05, 3.63) is 29.8 Å². The zero-order valence-electron chi connectivity index (χ0n) is 9.16. The van der Waals surface area contributed by atoms with Crippen LogP contribution in [0, 0.1) is 6.92 Å². The standard InChI is InChI=1S/C11H13BrN2O2/c1-3-16-11(15)10(12)14-13-9-6-4-8(2)5-7-9/h4-7,13H,3H2,1-2H3/b14-10+. The van der Waals surface area contributed by atoms with Crippen molar-refractivity contribution in [2.75, 3.05) is 12.0 Å². The summed E-state index contributed by atoms with van der Waals surface area (Å²) in [6.45, 7) is 4.07. The first kappa shape index (κ1) is 12.7. The first-order valence-electron chi connectivity index (χ1n) is 4.86. The number of nitrogens with zero attached hydrogens (tertiary/aromatic N) is 1. The lowest BCUT2D eigenvalue weighted by molar-refractivity contribution is -0.134. The van der Waals surface area contributed by atoms with Crippen LogP contribution in [0.15, 0.2) is 29.4 Å². The van der Waals surface area contributed by atoms with Gasteiger partial charge in [0, 0.05) is 0 Å². The molecule has 86 valence electrons. The maximum absolute atomic E-state index is 11.2. The van der Waals surface area contributed by atoms with Crippen LogP contribution in [0.4, 0.5) is 5.69 Å². The van der Waals surface area contributed by atoms with E-state index in [2.05, 4.69) is 26.5 Å². The molecular weight excluding hydrogens is 272 g/mol. The molecule has 0 aliphatic rings. The summed E-state index contributed by atoms with van der Waals surface area (Å²) in [5, 5.41) is 3.85. The molecule has 0 amide bonds. The Hall–Kier alpha value is -1.36. The summed E-state index contributed by atoms with van der Waals surface area (Å²) in [5.41, 5.74) is 4.73. The molecule has 0 aliphatic heterocycles. The summed E-state index contributed by atoms with van der Waals surface area (Å²) in [6.07, 6.45) is 0. The Labute approximate surface area is 103 Å². The van der Waals surface area contributed by atoms with E-state index in [0.717, 1.165) is 5.69 Å². The van der Waals surface area contributed by atoms with Crippen LogP contribution in [0.3, 0.4) is 0 Å². The summed E-state index contributed by atoms with van der Waals surface area (Å²) in [5.74, 6) is -0.484. The molecule has 4 nitrogen and oxygen atoms in total. The van der Waals surface area contributed by atoms with E-state index >= 15 is 0 Å². The fraction of sp³-hybridized carbons (Fsp3) is 0.273. The highest BCUT2D eigenvalue weighted by atomic mass is 79.9. The molecule has 0 atom stereocenters. The van der Waals surface area contributed by atoms with Gasteiger partial charge in [0.2, 0.25) is 4.62 Å². The maximum Gasteiger partial charge on any atom is 0.366 e. The number of hydrazone groups is 1. The lowest BCUT2D eigenvalue weighted by Crippen LogP contribution is -2.12. The largest absolute Gasteiger partial charge is 0.461 e. The average molecular weight is 285 g/mol. The number of ether oxygens (including phenoxy) is 1. The van der Waals surface area contributed by atoms with Gasteiger partial charge in [-0.25, -0.2) is 4.79 Å². The van der Waals surface area contributed by atoms with E-state index in [1.165, 1.54) is 5.56 Å². The Kier molecular flexibility index (Phi) is 4.98. The first-order chi connectivity index (χ1) is 7.63. The number of esters is 1. The quantitative estimate of drug-likeness (QED) is 0.525. The number of nitrogens with one attached hydrogen (secondary N) is 1. The number of aryl methyl sites for hydroxylation is 1. The van der Waals surface area contributed by atoms with Crippen molar-refractivity contribution >= 4 is 32.2 Å². The molecule has 0 aromatic heterocycles. The zero-order chi connectivity index (χ0) is 12.0. The number of halogens is 1. The monoisotopic (exact) mass is 284 g/mol. The molecule has 5 heteroatoms. The van der Waals surface area contributed by atoms with Crippen molar-refractivity contribution in [1.82, 2.24) is 0 Å². The van der Waals surface area contributed by atoms with E-state index in [1.54, 1.807) is 6.92 Å². The molecule has 0 bridgehead atoms. The van der Waals surface area contributed by atoms with Gasteiger partial charge in [0.05, 0.1) is 12.3 Å². The van der Waals surface area contributed by atoms with Gasteiger partial charge < -0.3 is 4.74 Å². The van der Waals surface area contributed by atoms with E-state index in [-0.39, 0.29) is 4.62 Å². The zero-order valence-corrected chi connectivity index (χ0v) is 10.7. The maximum atomic E-state index is 11.2. The topological polar surface area (TPSA) is 50.7 Å². The van der Waals surface area contributed by atoms with Gasteiger partial charge >= 0.3 is 5.97 Å². The van der Waals surface area contributed by atoms with Gasteiger partial charge in [-0.05, 0) is 41.9 Å². The second kappa shape index (κ2) is 6.27. The Morgan fingerprint density at radius 3 is 2.62 bits per heavy atom. The highest BCUT2D eigenvalue weighted by Crippen LogP contribution is 2.08. The van der Waals surface area contributed by atoms with Gasteiger partial charge in [-0.1, -0.05) is 17.7 Å². The molecule has 1 aromatic rings. The summed E-state index contributed by atoms with van der Waals surface area (Å²) in [4.78, 5) is 11.2. The smallest absolute Gasteiger partial charge is 0.366 e. The fourth-order valence-corrected chi connectivity index (χ4v) is 1.18. The van der Waals surface area contributed by atoms with Gasteiger partial charge in [0.25, 0.3) is 0 Å². The third-order valence-corrected chi connectivity index (χ3v) is 2.28. The minimum Gasteiger partial charge on any atom is -0.461 e. The van der Waals surface area contributed by atoms with Crippen LogP contribution in [0.2, 0.25) is 0 Å². The number of hydrogen-bond donors (Lipinski definition) is 1. The van der Waals surface area contributed by atoms with E-state index in [1.807, 2.05) is 31.2 Å². The van der Waals surface area contributed by atoms with Crippen molar-refractivity contribution < 1.29 is 9.53 Å². The number of carbonyl (C=O) groups excluding carboxylic acids is 1. The number of rotatable bonds is 4. The summed E-state index contributed by atoms with van der Waals surface area (Å²) < 4.78 is 4.87. The molecule has 0 saturated heterocycles. The third-order valence-electron chi connectivity index (χ3n) is 1.78. The lowest BCUT2D eigenvalue weighted by atomic mass is 10.2. The second-order valence-electron chi connectivity index (χ2n) is 3.10. The number of hydrogen-bond acceptors (Lipinski definition) is 4. The lowest BCUT2D eigenvalue weighted by Gasteiger charge is -2.02. The Bertz CT molecular complexity index is 387. The predicted octanol–water partition coefficient (Wildman–Crippen LogP) is 2.68. The number of anilines is 1. The molecule has 1 rings (SSSR count). The average Bonchev–Trinajstić information content (AvgIpc) is 2.28. The summed E-state index contributed by atoms with van der Waals surface area (Å²) in [7, 11) is 0. The molecule has 0 radical (unpaired) electrons. The van der Waals surface area contributed by atoms with Crippen molar-refractivity contribution in [1.29, 1.82) is 0 Å². The van der Waals surface area contributed by atoms with Gasteiger partial charge in [0.1, 0.15) is 0 Å². The second-order valence-corrected chi connectivity index (χ2v) is 3.85. The van der Waals surface area contributed by atoms with Crippen LogP contribution in [0.5, 0.6) is 0 Å². The summed E-state index contributed by atoms with van der Waals surface area (Å²) >= 11 is 3.03. The van der Waals surface area contributed by atoms with Crippen molar-refractivity contribution in [3.63, 3.8) is 0 Å². The summed E-state index contributed by atoms with van der Waals surface area (Å²) in [6, 6.07) is 7.67. The van der Waals surface area contributed by atoms with Crippen LogP contribution < -0.4 is 5.43 Å².